The number of hydrogen-bond donors (Lipinski definition) is 2. The second-order valence-corrected chi connectivity index (χ2v) is 3.98. The van der Waals surface area contributed by atoms with E-state index in [1.54, 1.807) is 6.08 Å². The van der Waals surface area contributed by atoms with Crippen molar-refractivity contribution in [2.45, 2.75) is 25.4 Å². The molecular weight excluding hydrogens is 190 g/mol. The monoisotopic (exact) mass is 211 g/mol. The van der Waals surface area contributed by atoms with E-state index in [4.69, 9.17) is 0 Å². The van der Waals surface area contributed by atoms with E-state index in [-0.39, 0.29) is 11.9 Å². The summed E-state index contributed by atoms with van der Waals surface area (Å²) in [6.07, 6.45) is 2.82. The number of rotatable bonds is 5. The summed E-state index contributed by atoms with van der Waals surface area (Å²) in [6.45, 7) is 8.03. The van der Waals surface area contributed by atoms with Gasteiger partial charge in [0.2, 0.25) is 5.91 Å². The van der Waals surface area contributed by atoms with Crippen LogP contribution in [0.25, 0.3) is 0 Å². The molecule has 2 atom stereocenters. The van der Waals surface area contributed by atoms with Gasteiger partial charge in [-0.2, -0.15) is 0 Å². The lowest BCUT2D eigenvalue weighted by atomic mass is 10.2. The lowest BCUT2D eigenvalue weighted by Gasteiger charge is -2.23. The van der Waals surface area contributed by atoms with E-state index in [1.165, 1.54) is 0 Å². The first-order valence-electron chi connectivity index (χ1n) is 5.49. The zero-order valence-corrected chi connectivity index (χ0v) is 9.62. The Labute approximate surface area is 91.7 Å². The van der Waals surface area contributed by atoms with E-state index in [0.717, 1.165) is 19.5 Å². The first kappa shape index (κ1) is 12.2. The van der Waals surface area contributed by atoms with Crippen LogP contribution >= 0.6 is 0 Å². The van der Waals surface area contributed by atoms with Crippen LogP contribution in [-0.4, -0.2) is 49.6 Å². The first-order valence-corrected chi connectivity index (χ1v) is 5.49. The molecule has 1 fully saturated rings. The zero-order chi connectivity index (χ0) is 11.3. The molecule has 0 aromatic carbocycles. The molecular formula is C11H21N3O. The van der Waals surface area contributed by atoms with Gasteiger partial charge in [-0.25, -0.2) is 0 Å². The molecule has 0 spiro atoms. The molecule has 15 heavy (non-hydrogen) atoms. The fourth-order valence-electron chi connectivity index (χ4n) is 1.86. The smallest absolute Gasteiger partial charge is 0.237 e. The third-order valence-corrected chi connectivity index (χ3v) is 2.98. The van der Waals surface area contributed by atoms with Gasteiger partial charge in [-0.1, -0.05) is 6.08 Å². The standard InChI is InChI=1S/C11H21N3O/c1-4-6-13-11(15)9(2)14-7-5-10(8-14)12-3/h4,9-10,12H,1,5-8H2,2-3H3,(H,13,15). The average Bonchev–Trinajstić information content (AvgIpc) is 2.73. The Morgan fingerprint density at radius 3 is 3.00 bits per heavy atom. The van der Waals surface area contributed by atoms with Crippen molar-refractivity contribution >= 4 is 5.91 Å². The minimum absolute atomic E-state index is 0.0386. The summed E-state index contributed by atoms with van der Waals surface area (Å²) in [5, 5.41) is 6.06. The largest absolute Gasteiger partial charge is 0.351 e. The minimum atomic E-state index is -0.0386. The van der Waals surface area contributed by atoms with Gasteiger partial charge >= 0.3 is 0 Å². The summed E-state index contributed by atoms with van der Waals surface area (Å²) in [4.78, 5) is 13.9. The van der Waals surface area contributed by atoms with Crippen LogP contribution in [0.4, 0.5) is 0 Å². The molecule has 4 nitrogen and oxygen atoms in total. The molecule has 0 aromatic heterocycles. The highest BCUT2D eigenvalue weighted by atomic mass is 16.2. The van der Waals surface area contributed by atoms with Gasteiger partial charge < -0.3 is 10.6 Å². The molecule has 2 N–H and O–H groups in total. The number of amides is 1. The normalized spacial score (nSPS) is 23.7. The van der Waals surface area contributed by atoms with Crippen LogP contribution in [0.15, 0.2) is 12.7 Å². The van der Waals surface area contributed by atoms with E-state index in [1.807, 2.05) is 14.0 Å². The quantitative estimate of drug-likeness (QED) is 0.628. The Balaban J connectivity index is 2.36. The van der Waals surface area contributed by atoms with Crippen molar-refractivity contribution in [3.63, 3.8) is 0 Å². The predicted molar refractivity (Wildman–Crippen MR) is 61.7 cm³/mol. The van der Waals surface area contributed by atoms with Gasteiger partial charge in [-0.3, -0.25) is 9.69 Å². The Morgan fingerprint density at radius 1 is 1.73 bits per heavy atom. The Morgan fingerprint density at radius 2 is 2.47 bits per heavy atom. The summed E-state index contributed by atoms with van der Waals surface area (Å²) in [5.74, 6) is 0.0895. The van der Waals surface area contributed by atoms with Crippen molar-refractivity contribution in [3.05, 3.63) is 12.7 Å². The number of likely N-dealkylation sites (N-methyl/N-ethyl adjacent to an activating group) is 1. The van der Waals surface area contributed by atoms with Gasteiger partial charge in [0.1, 0.15) is 0 Å². The van der Waals surface area contributed by atoms with Crippen molar-refractivity contribution in [2.75, 3.05) is 26.7 Å². The summed E-state index contributed by atoms with van der Waals surface area (Å²) in [5.41, 5.74) is 0. The second-order valence-electron chi connectivity index (χ2n) is 3.98. The molecule has 1 aliphatic rings. The molecule has 4 heteroatoms. The number of carbonyl (C=O) groups excluding carboxylic acids is 1. The van der Waals surface area contributed by atoms with E-state index < -0.39 is 0 Å². The number of nitrogens with zero attached hydrogens (tertiary/aromatic N) is 1. The van der Waals surface area contributed by atoms with Crippen molar-refractivity contribution in [1.29, 1.82) is 0 Å². The van der Waals surface area contributed by atoms with Crippen LogP contribution in [0.3, 0.4) is 0 Å². The molecule has 86 valence electrons. The van der Waals surface area contributed by atoms with Gasteiger partial charge in [0.05, 0.1) is 6.04 Å². The van der Waals surface area contributed by atoms with Crippen LogP contribution < -0.4 is 10.6 Å². The Bertz CT molecular complexity index is 230. The van der Waals surface area contributed by atoms with E-state index in [2.05, 4.69) is 22.1 Å². The third kappa shape index (κ3) is 3.32. The van der Waals surface area contributed by atoms with Crippen molar-refractivity contribution < 1.29 is 4.79 Å². The Kier molecular flexibility index (Phi) is 4.78. The molecule has 0 bridgehead atoms. The molecule has 1 aliphatic heterocycles. The summed E-state index contributed by atoms with van der Waals surface area (Å²) >= 11 is 0. The zero-order valence-electron chi connectivity index (χ0n) is 9.62. The van der Waals surface area contributed by atoms with E-state index >= 15 is 0 Å². The van der Waals surface area contributed by atoms with Crippen molar-refractivity contribution in [2.24, 2.45) is 0 Å². The molecule has 1 saturated heterocycles. The highest BCUT2D eigenvalue weighted by Gasteiger charge is 2.28. The molecule has 0 aromatic rings. The SMILES string of the molecule is C=CCNC(=O)C(C)N1CCC(NC)C1. The molecule has 0 aliphatic carbocycles. The predicted octanol–water partition coefficient (Wildman–Crippen LogP) is -0.0292. The van der Waals surface area contributed by atoms with Gasteiger partial charge in [-0.15, -0.1) is 6.58 Å². The summed E-state index contributed by atoms with van der Waals surface area (Å²) in [6, 6.07) is 0.489. The van der Waals surface area contributed by atoms with Crippen LogP contribution in [-0.2, 0) is 4.79 Å². The average molecular weight is 211 g/mol. The molecule has 0 saturated carbocycles. The van der Waals surface area contributed by atoms with E-state index in [0.29, 0.717) is 12.6 Å². The van der Waals surface area contributed by atoms with Crippen molar-refractivity contribution in [1.82, 2.24) is 15.5 Å². The fraction of sp³-hybridized carbons (Fsp3) is 0.727. The van der Waals surface area contributed by atoms with Crippen LogP contribution in [0.2, 0.25) is 0 Å². The van der Waals surface area contributed by atoms with Crippen molar-refractivity contribution in [3.8, 4) is 0 Å². The highest BCUT2D eigenvalue weighted by molar-refractivity contribution is 5.81. The van der Waals surface area contributed by atoms with Crippen LogP contribution in [0.1, 0.15) is 13.3 Å². The van der Waals surface area contributed by atoms with E-state index in [9.17, 15) is 4.79 Å². The van der Waals surface area contributed by atoms with Gasteiger partial charge in [0.25, 0.3) is 0 Å². The first-order chi connectivity index (χ1) is 7.19. The van der Waals surface area contributed by atoms with Crippen LogP contribution in [0, 0.1) is 0 Å². The topological polar surface area (TPSA) is 44.4 Å². The fourth-order valence-corrected chi connectivity index (χ4v) is 1.86. The molecule has 1 rings (SSSR count). The van der Waals surface area contributed by atoms with Gasteiger partial charge in [0, 0.05) is 25.7 Å². The summed E-state index contributed by atoms with van der Waals surface area (Å²) < 4.78 is 0. The van der Waals surface area contributed by atoms with Gasteiger partial charge in [0.15, 0.2) is 0 Å². The maximum absolute atomic E-state index is 11.7. The summed E-state index contributed by atoms with van der Waals surface area (Å²) in [7, 11) is 1.97. The second kappa shape index (κ2) is 5.88. The molecule has 0 radical (unpaired) electrons. The lowest BCUT2D eigenvalue weighted by molar-refractivity contribution is -0.125. The maximum atomic E-state index is 11.7. The minimum Gasteiger partial charge on any atom is -0.351 e. The molecule has 1 amide bonds. The number of hydrogen-bond acceptors (Lipinski definition) is 3. The Hall–Kier alpha value is -0.870. The molecule has 1 heterocycles. The third-order valence-electron chi connectivity index (χ3n) is 2.98. The van der Waals surface area contributed by atoms with Crippen LogP contribution in [0.5, 0.6) is 0 Å². The maximum Gasteiger partial charge on any atom is 0.237 e. The highest BCUT2D eigenvalue weighted by Crippen LogP contribution is 2.12. The number of carbonyl (C=O) groups is 1. The number of likely N-dealkylation sites (tertiary alicyclic amines) is 1. The number of nitrogens with one attached hydrogen (secondary N) is 2. The lowest BCUT2D eigenvalue weighted by Crippen LogP contribution is -2.45. The van der Waals surface area contributed by atoms with Gasteiger partial charge in [-0.05, 0) is 20.4 Å². The molecule has 2 unspecified atom stereocenters.